The molecule has 1 amide bonds. The molecule has 1 N–H and O–H groups in total. The Morgan fingerprint density at radius 3 is 2.69 bits per heavy atom. The molecule has 0 atom stereocenters. The fourth-order valence-electron chi connectivity index (χ4n) is 3.44. The van der Waals surface area contributed by atoms with E-state index in [0.29, 0.717) is 5.56 Å². The fraction of sp³-hybridized carbons (Fsp3) is 0.389. The maximum atomic E-state index is 12.5. The van der Waals surface area contributed by atoms with Crippen molar-refractivity contribution in [3.63, 3.8) is 0 Å². The van der Waals surface area contributed by atoms with Crippen molar-refractivity contribution in [3.8, 4) is 0 Å². The number of amides is 1. The minimum absolute atomic E-state index is 0.0618. The van der Waals surface area contributed by atoms with Crippen LogP contribution in [0.4, 0.5) is 0 Å². The van der Waals surface area contributed by atoms with Gasteiger partial charge in [-0.2, -0.15) is 13.8 Å². The predicted octanol–water partition coefficient (Wildman–Crippen LogP) is 2.47. The zero-order chi connectivity index (χ0) is 18.1. The number of fused-ring (bicyclic) bond motifs is 1. The standard InChI is InChI=1S/C18H19N5O2S/c1-11-2-9-17(24)23(20-11)14-6-4-13(5-7-14)19-18(25)12-3-8-15-16(10-12)22-26-21-15/h2-3,8-10,13-14H,4-7H2,1H3,(H,19,25). The molecule has 26 heavy (non-hydrogen) atoms. The molecule has 1 aromatic carbocycles. The summed E-state index contributed by atoms with van der Waals surface area (Å²) in [4.78, 5) is 24.5. The fourth-order valence-corrected chi connectivity index (χ4v) is 3.96. The number of nitrogens with zero attached hydrogens (tertiary/aromatic N) is 4. The van der Waals surface area contributed by atoms with Crippen LogP contribution >= 0.6 is 11.7 Å². The van der Waals surface area contributed by atoms with Crippen LogP contribution in [0.1, 0.15) is 47.8 Å². The van der Waals surface area contributed by atoms with Crippen LogP contribution in [0.2, 0.25) is 0 Å². The molecule has 0 bridgehead atoms. The first-order chi connectivity index (χ1) is 12.6. The summed E-state index contributed by atoms with van der Waals surface area (Å²) in [5.41, 5.74) is 2.93. The van der Waals surface area contributed by atoms with E-state index in [0.717, 1.165) is 54.1 Å². The Balaban J connectivity index is 1.39. The van der Waals surface area contributed by atoms with E-state index < -0.39 is 0 Å². The zero-order valence-corrected chi connectivity index (χ0v) is 15.2. The van der Waals surface area contributed by atoms with Gasteiger partial charge in [0.1, 0.15) is 11.0 Å². The van der Waals surface area contributed by atoms with Crippen molar-refractivity contribution in [2.75, 3.05) is 0 Å². The second kappa shape index (κ2) is 6.95. The quantitative estimate of drug-likeness (QED) is 0.766. The Bertz CT molecular complexity index is 1000. The van der Waals surface area contributed by atoms with E-state index >= 15 is 0 Å². The van der Waals surface area contributed by atoms with Gasteiger partial charge in [0.05, 0.1) is 23.5 Å². The first kappa shape index (κ1) is 16.8. The zero-order valence-electron chi connectivity index (χ0n) is 14.4. The third-order valence-electron chi connectivity index (χ3n) is 4.85. The highest BCUT2D eigenvalue weighted by Gasteiger charge is 2.25. The molecule has 0 radical (unpaired) electrons. The van der Waals surface area contributed by atoms with Gasteiger partial charge in [-0.05, 0) is 56.9 Å². The second-order valence-electron chi connectivity index (χ2n) is 6.70. The van der Waals surface area contributed by atoms with E-state index in [2.05, 4.69) is 19.2 Å². The molecule has 2 aromatic heterocycles. The Kier molecular flexibility index (Phi) is 4.50. The molecule has 3 aromatic rings. The van der Waals surface area contributed by atoms with Crippen LogP contribution in [0.3, 0.4) is 0 Å². The summed E-state index contributed by atoms with van der Waals surface area (Å²) >= 11 is 1.14. The van der Waals surface area contributed by atoms with Gasteiger partial charge in [0.2, 0.25) is 0 Å². The van der Waals surface area contributed by atoms with Crippen molar-refractivity contribution in [2.24, 2.45) is 0 Å². The molecule has 4 rings (SSSR count). The maximum Gasteiger partial charge on any atom is 0.267 e. The third-order valence-corrected chi connectivity index (χ3v) is 5.41. The molecule has 2 heterocycles. The molecular formula is C18H19N5O2S. The van der Waals surface area contributed by atoms with Crippen molar-refractivity contribution in [2.45, 2.75) is 44.7 Å². The van der Waals surface area contributed by atoms with Gasteiger partial charge < -0.3 is 5.32 Å². The average Bonchev–Trinajstić information content (AvgIpc) is 3.12. The molecule has 1 aliphatic carbocycles. The van der Waals surface area contributed by atoms with Crippen LogP contribution in [-0.4, -0.2) is 30.5 Å². The van der Waals surface area contributed by atoms with E-state index in [1.165, 1.54) is 0 Å². The summed E-state index contributed by atoms with van der Waals surface area (Å²) in [6.45, 7) is 1.89. The molecule has 7 nitrogen and oxygen atoms in total. The van der Waals surface area contributed by atoms with Crippen molar-refractivity contribution < 1.29 is 4.79 Å². The number of benzene rings is 1. The number of aromatic nitrogens is 4. The van der Waals surface area contributed by atoms with E-state index in [9.17, 15) is 9.59 Å². The Hall–Kier alpha value is -2.61. The molecule has 0 unspecified atom stereocenters. The van der Waals surface area contributed by atoms with Crippen molar-refractivity contribution in [1.29, 1.82) is 0 Å². The van der Waals surface area contributed by atoms with E-state index in [1.54, 1.807) is 28.9 Å². The highest BCUT2D eigenvalue weighted by atomic mass is 32.1. The van der Waals surface area contributed by atoms with Crippen LogP contribution in [-0.2, 0) is 0 Å². The number of hydrogen-bond acceptors (Lipinski definition) is 6. The number of nitrogens with one attached hydrogen (secondary N) is 1. The second-order valence-corrected chi connectivity index (χ2v) is 7.23. The number of carbonyl (C=O) groups excluding carboxylic acids is 1. The SMILES string of the molecule is Cc1ccc(=O)n(C2CCC(NC(=O)c3ccc4nsnc4c3)CC2)n1. The number of aryl methyl sites for hydroxylation is 1. The lowest BCUT2D eigenvalue weighted by molar-refractivity contribution is 0.0921. The number of rotatable bonds is 3. The Morgan fingerprint density at radius 2 is 1.88 bits per heavy atom. The summed E-state index contributed by atoms with van der Waals surface area (Å²) in [5, 5.41) is 7.46. The molecule has 0 spiro atoms. The monoisotopic (exact) mass is 369 g/mol. The topological polar surface area (TPSA) is 89.8 Å². The van der Waals surface area contributed by atoms with Crippen molar-refractivity contribution >= 4 is 28.7 Å². The Labute approximate surface area is 154 Å². The van der Waals surface area contributed by atoms with E-state index in [1.807, 2.05) is 13.0 Å². The van der Waals surface area contributed by atoms with Gasteiger partial charge in [-0.15, -0.1) is 0 Å². The summed E-state index contributed by atoms with van der Waals surface area (Å²) < 4.78 is 9.92. The van der Waals surface area contributed by atoms with Crippen molar-refractivity contribution in [3.05, 3.63) is 51.9 Å². The Morgan fingerprint density at radius 1 is 1.12 bits per heavy atom. The molecule has 1 saturated carbocycles. The minimum Gasteiger partial charge on any atom is -0.349 e. The van der Waals surface area contributed by atoms with Crippen LogP contribution in [0, 0.1) is 6.92 Å². The molecule has 0 aliphatic heterocycles. The van der Waals surface area contributed by atoms with Crippen LogP contribution < -0.4 is 10.9 Å². The minimum atomic E-state index is -0.0887. The lowest BCUT2D eigenvalue weighted by Crippen LogP contribution is -2.39. The van der Waals surface area contributed by atoms with Gasteiger partial charge in [0.15, 0.2) is 0 Å². The van der Waals surface area contributed by atoms with Gasteiger partial charge in [-0.1, -0.05) is 0 Å². The van der Waals surface area contributed by atoms with Gasteiger partial charge in [0, 0.05) is 17.7 Å². The predicted molar refractivity (Wildman–Crippen MR) is 99.4 cm³/mol. The van der Waals surface area contributed by atoms with Crippen LogP contribution in [0.5, 0.6) is 0 Å². The first-order valence-corrected chi connectivity index (χ1v) is 9.43. The summed E-state index contributed by atoms with van der Waals surface area (Å²) in [6.07, 6.45) is 3.32. The third kappa shape index (κ3) is 3.37. The molecule has 1 aliphatic rings. The molecule has 1 fully saturated rings. The highest BCUT2D eigenvalue weighted by molar-refractivity contribution is 7.00. The maximum absolute atomic E-state index is 12.5. The summed E-state index contributed by atoms with van der Waals surface area (Å²) in [5.74, 6) is -0.0887. The van der Waals surface area contributed by atoms with Crippen LogP contribution in [0.25, 0.3) is 11.0 Å². The summed E-state index contributed by atoms with van der Waals surface area (Å²) in [7, 11) is 0. The normalized spacial score (nSPS) is 20.2. The van der Waals surface area contributed by atoms with Crippen LogP contribution in [0.15, 0.2) is 35.1 Å². The number of carbonyl (C=O) groups is 1. The molecule has 134 valence electrons. The van der Waals surface area contributed by atoms with Crippen molar-refractivity contribution in [1.82, 2.24) is 23.8 Å². The van der Waals surface area contributed by atoms with E-state index in [4.69, 9.17) is 0 Å². The molecule has 0 saturated heterocycles. The van der Waals surface area contributed by atoms with E-state index in [-0.39, 0.29) is 23.6 Å². The lowest BCUT2D eigenvalue weighted by Gasteiger charge is -2.29. The highest BCUT2D eigenvalue weighted by Crippen LogP contribution is 2.27. The van der Waals surface area contributed by atoms with Gasteiger partial charge in [-0.25, -0.2) is 4.68 Å². The lowest BCUT2D eigenvalue weighted by atomic mass is 9.91. The number of hydrogen-bond donors (Lipinski definition) is 1. The van der Waals surface area contributed by atoms with Gasteiger partial charge in [0.25, 0.3) is 11.5 Å². The van der Waals surface area contributed by atoms with Gasteiger partial charge in [-0.3, -0.25) is 9.59 Å². The summed E-state index contributed by atoms with van der Waals surface area (Å²) in [6, 6.07) is 8.90. The largest absolute Gasteiger partial charge is 0.349 e. The average molecular weight is 369 g/mol. The molecular weight excluding hydrogens is 350 g/mol. The first-order valence-electron chi connectivity index (χ1n) is 8.70. The van der Waals surface area contributed by atoms with Gasteiger partial charge >= 0.3 is 0 Å². The smallest absolute Gasteiger partial charge is 0.267 e. The molecule has 8 heteroatoms.